The van der Waals surface area contributed by atoms with Gasteiger partial charge < -0.3 is 10.6 Å². The van der Waals surface area contributed by atoms with Crippen molar-refractivity contribution in [2.24, 2.45) is 0 Å². The highest BCUT2D eigenvalue weighted by atomic mass is 32.1. The molecule has 1 aromatic heterocycles. The third-order valence-electron chi connectivity index (χ3n) is 3.28. The van der Waals surface area contributed by atoms with Gasteiger partial charge in [-0.15, -0.1) is 11.3 Å². The summed E-state index contributed by atoms with van der Waals surface area (Å²) in [6, 6.07) is 2.41. The van der Waals surface area contributed by atoms with Gasteiger partial charge in [0.2, 0.25) is 0 Å². The molecule has 0 saturated carbocycles. The average Bonchev–Trinajstić information content (AvgIpc) is 2.81. The monoisotopic (exact) mass is 266 g/mol. The lowest BCUT2D eigenvalue weighted by molar-refractivity contribution is 0.418. The number of hydrogen-bond donors (Lipinski definition) is 2. The zero-order chi connectivity index (χ0) is 13.0. The van der Waals surface area contributed by atoms with Crippen LogP contribution in [0.1, 0.15) is 48.9 Å². The SMILES string of the molecule is CC(C)(C)NCCCNCc1cc2c(s1)CCC2. The number of fused-ring (bicyclic) bond motifs is 1. The van der Waals surface area contributed by atoms with Crippen molar-refractivity contribution in [1.29, 1.82) is 0 Å². The molecule has 102 valence electrons. The fourth-order valence-electron chi connectivity index (χ4n) is 2.37. The molecule has 0 bridgehead atoms. The lowest BCUT2D eigenvalue weighted by atomic mass is 10.1. The molecule has 0 amide bonds. The van der Waals surface area contributed by atoms with Crippen molar-refractivity contribution in [2.45, 2.75) is 58.5 Å². The van der Waals surface area contributed by atoms with Gasteiger partial charge in [-0.25, -0.2) is 0 Å². The second-order valence-electron chi connectivity index (χ2n) is 6.22. The van der Waals surface area contributed by atoms with Crippen molar-refractivity contribution in [3.8, 4) is 0 Å². The Morgan fingerprint density at radius 1 is 1.22 bits per heavy atom. The van der Waals surface area contributed by atoms with Crippen LogP contribution in [0.25, 0.3) is 0 Å². The Kier molecular flexibility index (Phi) is 4.82. The van der Waals surface area contributed by atoms with Crippen LogP contribution >= 0.6 is 11.3 Å². The van der Waals surface area contributed by atoms with Crippen LogP contribution in [0, 0.1) is 0 Å². The lowest BCUT2D eigenvalue weighted by Gasteiger charge is -2.20. The number of nitrogens with one attached hydrogen (secondary N) is 2. The second kappa shape index (κ2) is 6.18. The number of hydrogen-bond acceptors (Lipinski definition) is 3. The maximum absolute atomic E-state index is 3.55. The highest BCUT2D eigenvalue weighted by Crippen LogP contribution is 2.30. The fraction of sp³-hybridized carbons (Fsp3) is 0.733. The van der Waals surface area contributed by atoms with Crippen LogP contribution in [0.5, 0.6) is 0 Å². The van der Waals surface area contributed by atoms with Gasteiger partial charge in [-0.3, -0.25) is 0 Å². The Balaban J connectivity index is 1.58. The van der Waals surface area contributed by atoms with E-state index in [0.29, 0.717) is 0 Å². The first kappa shape index (κ1) is 14.0. The highest BCUT2D eigenvalue weighted by Gasteiger charge is 2.14. The summed E-state index contributed by atoms with van der Waals surface area (Å²) in [5.74, 6) is 0. The minimum atomic E-state index is 0.245. The van der Waals surface area contributed by atoms with Crippen LogP contribution in [0.2, 0.25) is 0 Å². The van der Waals surface area contributed by atoms with Crippen molar-refractivity contribution < 1.29 is 0 Å². The van der Waals surface area contributed by atoms with Gasteiger partial charge in [0.15, 0.2) is 0 Å². The summed E-state index contributed by atoms with van der Waals surface area (Å²) in [7, 11) is 0. The topological polar surface area (TPSA) is 24.1 Å². The van der Waals surface area contributed by atoms with E-state index < -0.39 is 0 Å². The minimum Gasteiger partial charge on any atom is -0.312 e. The van der Waals surface area contributed by atoms with Gasteiger partial charge in [0.05, 0.1) is 0 Å². The highest BCUT2D eigenvalue weighted by molar-refractivity contribution is 7.12. The van der Waals surface area contributed by atoms with E-state index in [4.69, 9.17) is 0 Å². The van der Waals surface area contributed by atoms with Crippen molar-refractivity contribution in [1.82, 2.24) is 10.6 Å². The van der Waals surface area contributed by atoms with Crippen LogP contribution in [0.3, 0.4) is 0 Å². The molecule has 1 aromatic rings. The van der Waals surface area contributed by atoms with E-state index in [1.54, 1.807) is 10.4 Å². The normalized spacial score (nSPS) is 15.1. The number of thiophene rings is 1. The molecular weight excluding hydrogens is 240 g/mol. The quantitative estimate of drug-likeness (QED) is 0.773. The Morgan fingerprint density at radius 2 is 2.06 bits per heavy atom. The molecule has 0 spiro atoms. The average molecular weight is 266 g/mol. The molecule has 1 heterocycles. The summed E-state index contributed by atoms with van der Waals surface area (Å²) in [6.07, 6.45) is 5.19. The molecule has 1 aliphatic rings. The van der Waals surface area contributed by atoms with Crippen LogP contribution in [0.4, 0.5) is 0 Å². The van der Waals surface area contributed by atoms with Crippen molar-refractivity contribution in [3.63, 3.8) is 0 Å². The third kappa shape index (κ3) is 4.38. The molecule has 0 saturated heterocycles. The Morgan fingerprint density at radius 3 is 2.78 bits per heavy atom. The van der Waals surface area contributed by atoms with Gasteiger partial charge >= 0.3 is 0 Å². The van der Waals surface area contributed by atoms with E-state index in [-0.39, 0.29) is 5.54 Å². The lowest BCUT2D eigenvalue weighted by Crippen LogP contribution is -2.37. The predicted octanol–water partition coefficient (Wildman–Crippen LogP) is 3.10. The molecule has 2 N–H and O–H groups in total. The number of rotatable bonds is 6. The molecule has 0 radical (unpaired) electrons. The van der Waals surface area contributed by atoms with E-state index in [1.807, 2.05) is 11.3 Å². The predicted molar refractivity (Wildman–Crippen MR) is 80.4 cm³/mol. The van der Waals surface area contributed by atoms with Crippen molar-refractivity contribution >= 4 is 11.3 Å². The Bertz CT molecular complexity index is 355. The van der Waals surface area contributed by atoms with Crippen LogP contribution in [-0.4, -0.2) is 18.6 Å². The maximum atomic E-state index is 3.55. The largest absolute Gasteiger partial charge is 0.312 e. The molecule has 18 heavy (non-hydrogen) atoms. The summed E-state index contributed by atoms with van der Waals surface area (Å²) in [5, 5.41) is 7.06. The van der Waals surface area contributed by atoms with E-state index >= 15 is 0 Å². The van der Waals surface area contributed by atoms with Gasteiger partial charge in [0, 0.05) is 21.8 Å². The molecule has 2 rings (SSSR count). The molecule has 0 aliphatic heterocycles. The molecule has 0 atom stereocenters. The van der Waals surface area contributed by atoms with Crippen molar-refractivity contribution in [2.75, 3.05) is 13.1 Å². The van der Waals surface area contributed by atoms with Gasteiger partial charge in [-0.05, 0) is 71.2 Å². The summed E-state index contributed by atoms with van der Waals surface area (Å²) in [4.78, 5) is 3.16. The van der Waals surface area contributed by atoms with Gasteiger partial charge in [0.1, 0.15) is 0 Å². The summed E-state index contributed by atoms with van der Waals surface area (Å²) in [6.45, 7) is 9.89. The van der Waals surface area contributed by atoms with E-state index in [1.165, 1.54) is 30.6 Å². The maximum Gasteiger partial charge on any atom is 0.0299 e. The minimum absolute atomic E-state index is 0.245. The molecule has 3 heteroatoms. The van der Waals surface area contributed by atoms with E-state index in [9.17, 15) is 0 Å². The summed E-state index contributed by atoms with van der Waals surface area (Å²) < 4.78 is 0. The van der Waals surface area contributed by atoms with Crippen LogP contribution < -0.4 is 10.6 Å². The molecule has 0 fully saturated rings. The Labute approximate surface area is 115 Å². The molecule has 0 aromatic carbocycles. The summed E-state index contributed by atoms with van der Waals surface area (Å²) >= 11 is 2.01. The standard InChI is InChI=1S/C15H26N2S/c1-15(2,3)17-9-5-8-16-11-13-10-12-6-4-7-14(12)18-13/h10,16-17H,4-9,11H2,1-3H3. The smallest absolute Gasteiger partial charge is 0.0299 e. The second-order valence-corrected chi connectivity index (χ2v) is 7.44. The first-order valence-corrected chi connectivity index (χ1v) is 7.92. The van der Waals surface area contributed by atoms with Gasteiger partial charge in [0.25, 0.3) is 0 Å². The first-order valence-electron chi connectivity index (χ1n) is 7.11. The van der Waals surface area contributed by atoms with Gasteiger partial charge in [-0.2, -0.15) is 0 Å². The number of aryl methyl sites for hydroxylation is 2. The van der Waals surface area contributed by atoms with E-state index in [0.717, 1.165) is 19.6 Å². The fourth-order valence-corrected chi connectivity index (χ4v) is 3.60. The molecular formula is C15H26N2S. The zero-order valence-electron chi connectivity index (χ0n) is 11.9. The first-order chi connectivity index (χ1) is 8.54. The third-order valence-corrected chi connectivity index (χ3v) is 4.52. The van der Waals surface area contributed by atoms with Crippen LogP contribution in [0.15, 0.2) is 6.07 Å². The van der Waals surface area contributed by atoms with Crippen LogP contribution in [-0.2, 0) is 19.4 Å². The Hall–Kier alpha value is -0.380. The zero-order valence-corrected chi connectivity index (χ0v) is 12.8. The molecule has 0 unspecified atom stereocenters. The molecule has 1 aliphatic carbocycles. The van der Waals surface area contributed by atoms with Gasteiger partial charge in [-0.1, -0.05) is 0 Å². The van der Waals surface area contributed by atoms with E-state index in [2.05, 4.69) is 37.5 Å². The summed E-state index contributed by atoms with van der Waals surface area (Å²) in [5.41, 5.74) is 1.86. The van der Waals surface area contributed by atoms with Crippen molar-refractivity contribution in [3.05, 3.63) is 21.4 Å². The molecule has 2 nitrogen and oxygen atoms in total.